The first-order chi connectivity index (χ1) is 18.2. The summed E-state index contributed by atoms with van der Waals surface area (Å²) >= 11 is 0. The standard InChI is InChI=1S/C30H37N5O3/c1-30(2,3)20-35-27(33-25-13-12-22(18-31)17-24(25)28(35)36)23-11-8-16-34(4)26(23)14-15-32-29(37)38-19-21-9-6-5-7-10-21/h5-7,9-10,12-13,17,23,26H,8,11,14-16,19-20H2,1-4H3,(H,32,37). The number of carbonyl (C=O) groups excluding carboxylic acids is 1. The molecule has 1 N–H and O–H groups in total. The summed E-state index contributed by atoms with van der Waals surface area (Å²) < 4.78 is 7.19. The molecule has 4 rings (SSSR count). The highest BCUT2D eigenvalue weighted by Crippen LogP contribution is 2.34. The SMILES string of the molecule is CN1CCCC(c2nc3ccc(C#N)cc3c(=O)n2CC(C)(C)C)C1CCNC(=O)OCc1ccccc1. The van der Waals surface area contributed by atoms with Gasteiger partial charge < -0.3 is 15.0 Å². The van der Waals surface area contributed by atoms with Gasteiger partial charge in [-0.15, -0.1) is 0 Å². The van der Waals surface area contributed by atoms with E-state index in [1.165, 1.54) is 0 Å². The number of aromatic nitrogens is 2. The summed E-state index contributed by atoms with van der Waals surface area (Å²) in [6, 6.07) is 17.0. The second kappa shape index (κ2) is 11.8. The van der Waals surface area contributed by atoms with Crippen LogP contribution in [0, 0.1) is 16.7 Å². The van der Waals surface area contributed by atoms with Gasteiger partial charge in [-0.3, -0.25) is 9.36 Å². The molecule has 3 aromatic rings. The van der Waals surface area contributed by atoms with Crippen LogP contribution in [0.25, 0.3) is 10.9 Å². The van der Waals surface area contributed by atoms with Gasteiger partial charge in [-0.05, 0) is 62.0 Å². The Balaban J connectivity index is 1.57. The summed E-state index contributed by atoms with van der Waals surface area (Å²) in [6.45, 7) is 8.48. The number of benzene rings is 2. The highest BCUT2D eigenvalue weighted by molar-refractivity contribution is 5.79. The van der Waals surface area contributed by atoms with Gasteiger partial charge in [0.25, 0.3) is 5.56 Å². The van der Waals surface area contributed by atoms with Crippen LogP contribution in [0.3, 0.4) is 0 Å². The maximum Gasteiger partial charge on any atom is 0.407 e. The van der Waals surface area contributed by atoms with Crippen LogP contribution in [0.5, 0.6) is 0 Å². The normalized spacial score (nSPS) is 18.2. The average Bonchev–Trinajstić information content (AvgIpc) is 2.89. The van der Waals surface area contributed by atoms with Crippen LogP contribution in [0.1, 0.15) is 62.9 Å². The second-order valence-electron chi connectivity index (χ2n) is 11.3. The van der Waals surface area contributed by atoms with Crippen LogP contribution in [-0.2, 0) is 17.9 Å². The van der Waals surface area contributed by atoms with Crippen molar-refractivity contribution in [3.05, 3.63) is 75.8 Å². The highest BCUT2D eigenvalue weighted by atomic mass is 16.5. The molecule has 1 aliphatic heterocycles. The fourth-order valence-electron chi connectivity index (χ4n) is 5.26. The lowest BCUT2D eigenvalue weighted by molar-refractivity contribution is 0.128. The van der Waals surface area contributed by atoms with Crippen molar-refractivity contribution in [3.63, 3.8) is 0 Å². The molecule has 38 heavy (non-hydrogen) atoms. The van der Waals surface area contributed by atoms with Crippen LogP contribution < -0.4 is 10.9 Å². The van der Waals surface area contributed by atoms with Crippen molar-refractivity contribution in [1.82, 2.24) is 19.8 Å². The highest BCUT2D eigenvalue weighted by Gasteiger charge is 2.34. The fourth-order valence-corrected chi connectivity index (χ4v) is 5.26. The average molecular weight is 516 g/mol. The van der Waals surface area contributed by atoms with E-state index in [2.05, 4.69) is 44.1 Å². The molecule has 1 fully saturated rings. The van der Waals surface area contributed by atoms with E-state index in [0.29, 0.717) is 36.0 Å². The second-order valence-corrected chi connectivity index (χ2v) is 11.3. The summed E-state index contributed by atoms with van der Waals surface area (Å²) in [5, 5.41) is 12.7. The van der Waals surface area contributed by atoms with Gasteiger partial charge >= 0.3 is 6.09 Å². The van der Waals surface area contributed by atoms with Gasteiger partial charge in [0.2, 0.25) is 0 Å². The molecular weight excluding hydrogens is 478 g/mol. The number of nitrogens with zero attached hydrogens (tertiary/aromatic N) is 4. The van der Waals surface area contributed by atoms with Gasteiger partial charge in [-0.25, -0.2) is 9.78 Å². The van der Waals surface area contributed by atoms with Crippen LogP contribution in [0.15, 0.2) is 53.3 Å². The Morgan fingerprint density at radius 3 is 2.68 bits per heavy atom. The largest absolute Gasteiger partial charge is 0.445 e. The van der Waals surface area contributed by atoms with Crippen molar-refractivity contribution in [2.45, 2.75) is 65.1 Å². The lowest BCUT2D eigenvalue weighted by atomic mass is 9.85. The number of hydrogen-bond acceptors (Lipinski definition) is 6. The molecule has 2 aromatic carbocycles. The minimum Gasteiger partial charge on any atom is -0.445 e. The Kier molecular flexibility index (Phi) is 8.48. The Morgan fingerprint density at radius 1 is 1.21 bits per heavy atom. The molecule has 2 unspecified atom stereocenters. The molecule has 1 aromatic heterocycles. The molecule has 2 atom stereocenters. The van der Waals surface area contributed by atoms with Crippen molar-refractivity contribution in [3.8, 4) is 6.07 Å². The van der Waals surface area contributed by atoms with E-state index >= 15 is 0 Å². The number of likely N-dealkylation sites (tertiary alicyclic amines) is 1. The first-order valence-electron chi connectivity index (χ1n) is 13.3. The maximum atomic E-state index is 13.7. The number of likely N-dealkylation sites (N-methyl/N-ethyl adjacent to an activating group) is 1. The number of rotatable bonds is 7. The number of ether oxygens (including phenoxy) is 1. The Morgan fingerprint density at radius 2 is 1.97 bits per heavy atom. The van der Waals surface area contributed by atoms with Crippen LogP contribution >= 0.6 is 0 Å². The third-order valence-corrected chi connectivity index (χ3v) is 7.06. The predicted octanol–water partition coefficient (Wildman–Crippen LogP) is 4.81. The van der Waals surface area contributed by atoms with Gasteiger partial charge in [0.1, 0.15) is 12.4 Å². The zero-order valence-corrected chi connectivity index (χ0v) is 22.7. The van der Waals surface area contributed by atoms with Gasteiger partial charge in [0.05, 0.1) is 22.5 Å². The fraction of sp³-hybridized carbons (Fsp3) is 0.467. The van der Waals surface area contributed by atoms with Crippen molar-refractivity contribution in [1.29, 1.82) is 5.26 Å². The summed E-state index contributed by atoms with van der Waals surface area (Å²) in [7, 11) is 2.09. The van der Waals surface area contributed by atoms with Crippen molar-refractivity contribution in [2.24, 2.45) is 5.41 Å². The summed E-state index contributed by atoms with van der Waals surface area (Å²) in [4.78, 5) is 33.4. The molecule has 2 heterocycles. The number of hydrogen-bond donors (Lipinski definition) is 1. The zero-order valence-electron chi connectivity index (χ0n) is 22.7. The molecule has 0 aliphatic carbocycles. The lowest BCUT2D eigenvalue weighted by Gasteiger charge is -2.40. The third kappa shape index (κ3) is 6.59. The van der Waals surface area contributed by atoms with E-state index in [1.54, 1.807) is 18.2 Å². The molecular formula is C30H37N5O3. The molecule has 0 spiro atoms. The van der Waals surface area contributed by atoms with Crippen molar-refractivity contribution in [2.75, 3.05) is 20.1 Å². The number of nitriles is 1. The number of piperidine rings is 1. The first-order valence-corrected chi connectivity index (χ1v) is 13.3. The Hall–Kier alpha value is -3.70. The number of carbonyl (C=O) groups is 1. The minimum absolute atomic E-state index is 0.0333. The number of amides is 1. The molecule has 0 bridgehead atoms. The van der Waals surface area contributed by atoms with E-state index < -0.39 is 6.09 Å². The van der Waals surface area contributed by atoms with Gasteiger partial charge in [-0.2, -0.15) is 5.26 Å². The number of alkyl carbamates (subject to hydrolysis) is 1. The van der Waals surface area contributed by atoms with Gasteiger partial charge in [-0.1, -0.05) is 51.1 Å². The molecule has 1 amide bonds. The molecule has 8 nitrogen and oxygen atoms in total. The van der Waals surface area contributed by atoms with Crippen LogP contribution in [0.4, 0.5) is 4.79 Å². The Labute approximate surface area is 224 Å². The molecule has 1 saturated heterocycles. The smallest absolute Gasteiger partial charge is 0.407 e. The maximum absolute atomic E-state index is 13.7. The lowest BCUT2D eigenvalue weighted by Crippen LogP contribution is -2.46. The van der Waals surface area contributed by atoms with E-state index in [4.69, 9.17) is 9.72 Å². The molecule has 0 saturated carbocycles. The molecule has 8 heteroatoms. The summed E-state index contributed by atoms with van der Waals surface area (Å²) in [6.07, 6.45) is 2.18. The van der Waals surface area contributed by atoms with Gasteiger partial charge in [0, 0.05) is 25.0 Å². The summed E-state index contributed by atoms with van der Waals surface area (Å²) in [5.41, 5.74) is 1.76. The minimum atomic E-state index is -0.439. The first kappa shape index (κ1) is 27.3. The van der Waals surface area contributed by atoms with E-state index in [9.17, 15) is 14.9 Å². The molecule has 0 radical (unpaired) electrons. The van der Waals surface area contributed by atoms with Crippen molar-refractivity contribution >= 4 is 17.0 Å². The zero-order chi connectivity index (χ0) is 27.3. The number of fused-ring (bicyclic) bond motifs is 1. The van der Waals surface area contributed by atoms with Gasteiger partial charge in [0.15, 0.2) is 0 Å². The Bertz CT molecular complexity index is 1370. The van der Waals surface area contributed by atoms with Crippen molar-refractivity contribution < 1.29 is 9.53 Å². The van der Waals surface area contributed by atoms with E-state index in [1.807, 2.05) is 34.9 Å². The molecule has 200 valence electrons. The monoisotopic (exact) mass is 515 g/mol. The summed E-state index contributed by atoms with van der Waals surface area (Å²) in [5.74, 6) is 0.816. The van der Waals surface area contributed by atoms with Crippen LogP contribution in [-0.4, -0.2) is 46.7 Å². The molecule has 1 aliphatic rings. The van der Waals surface area contributed by atoms with Crippen LogP contribution in [0.2, 0.25) is 0 Å². The number of nitrogens with one attached hydrogen (secondary N) is 1. The third-order valence-electron chi connectivity index (χ3n) is 7.06. The van der Waals surface area contributed by atoms with E-state index in [0.717, 1.165) is 30.8 Å². The topological polar surface area (TPSA) is 100 Å². The van der Waals surface area contributed by atoms with E-state index in [-0.39, 0.29) is 29.5 Å². The quantitative estimate of drug-likeness (QED) is 0.485. The predicted molar refractivity (Wildman–Crippen MR) is 148 cm³/mol.